The molecule has 2 rings (SSSR count). The number of aliphatic hydroxyl groups excluding tert-OH is 1. The van der Waals surface area contributed by atoms with Gasteiger partial charge in [-0.05, 0) is 43.7 Å². The number of nitrogens with one attached hydrogen (secondary N) is 1. The lowest BCUT2D eigenvalue weighted by molar-refractivity contribution is -0.137. The van der Waals surface area contributed by atoms with Gasteiger partial charge in [-0.1, -0.05) is 29.8 Å². The molecule has 0 aliphatic heterocycles. The Morgan fingerprint density at radius 3 is 2.44 bits per heavy atom. The summed E-state index contributed by atoms with van der Waals surface area (Å²) in [6.45, 7) is 4.40. The maximum atomic E-state index is 12.7. The minimum Gasteiger partial charge on any atom is -0.492 e. The number of ether oxygens (including phenoxy) is 1. The van der Waals surface area contributed by atoms with Crippen LogP contribution in [-0.2, 0) is 6.18 Å². The van der Waals surface area contributed by atoms with Crippen molar-refractivity contribution in [1.82, 2.24) is 5.32 Å². The molecular formula is C19H22F3NO2. The zero-order valence-electron chi connectivity index (χ0n) is 14.2. The number of aryl methyl sites for hydroxylation is 1. The molecule has 2 unspecified atom stereocenters. The van der Waals surface area contributed by atoms with E-state index < -0.39 is 17.8 Å². The molecular weight excluding hydrogens is 331 g/mol. The summed E-state index contributed by atoms with van der Waals surface area (Å²) < 4.78 is 43.8. The third kappa shape index (κ3) is 6.07. The average Bonchev–Trinajstić information content (AvgIpc) is 2.58. The molecule has 136 valence electrons. The van der Waals surface area contributed by atoms with Gasteiger partial charge in [-0.25, -0.2) is 0 Å². The smallest absolute Gasteiger partial charge is 0.416 e. The van der Waals surface area contributed by atoms with E-state index in [0.29, 0.717) is 6.61 Å². The van der Waals surface area contributed by atoms with Gasteiger partial charge < -0.3 is 15.2 Å². The number of hydrogen-bond donors (Lipinski definition) is 2. The lowest BCUT2D eigenvalue weighted by Crippen LogP contribution is -2.35. The molecule has 0 saturated carbocycles. The summed E-state index contributed by atoms with van der Waals surface area (Å²) in [6.07, 6.45) is -5.44. The fraction of sp³-hybridized carbons (Fsp3) is 0.368. The van der Waals surface area contributed by atoms with Gasteiger partial charge in [0.05, 0.1) is 11.7 Å². The van der Waals surface area contributed by atoms with Crippen molar-refractivity contribution in [1.29, 1.82) is 0 Å². The number of aliphatic hydroxyl groups is 1. The topological polar surface area (TPSA) is 41.5 Å². The molecule has 0 fully saturated rings. The highest BCUT2D eigenvalue weighted by Gasteiger charge is 2.30. The summed E-state index contributed by atoms with van der Waals surface area (Å²) in [5.41, 5.74) is 0.608. The van der Waals surface area contributed by atoms with E-state index >= 15 is 0 Å². The molecule has 2 aromatic rings. The monoisotopic (exact) mass is 353 g/mol. The largest absolute Gasteiger partial charge is 0.492 e. The number of hydrogen-bond acceptors (Lipinski definition) is 3. The molecule has 6 heteroatoms. The first-order valence-corrected chi connectivity index (χ1v) is 8.04. The Balaban J connectivity index is 1.82. The molecule has 0 aromatic heterocycles. The van der Waals surface area contributed by atoms with Gasteiger partial charge in [-0.2, -0.15) is 13.2 Å². The highest BCUT2D eigenvalue weighted by Crippen LogP contribution is 2.30. The SMILES string of the molecule is Cc1ccc(OCC(C)NCC(O)c2cccc(C(F)(F)F)c2)cc1. The Kier molecular flexibility index (Phi) is 6.45. The Morgan fingerprint density at radius 1 is 1.12 bits per heavy atom. The number of halogens is 3. The van der Waals surface area contributed by atoms with Crippen LogP contribution in [0.5, 0.6) is 5.75 Å². The van der Waals surface area contributed by atoms with E-state index in [0.717, 1.165) is 23.4 Å². The summed E-state index contributed by atoms with van der Waals surface area (Å²) in [4.78, 5) is 0. The van der Waals surface area contributed by atoms with Gasteiger partial charge in [0.15, 0.2) is 0 Å². The van der Waals surface area contributed by atoms with Crippen molar-refractivity contribution < 1.29 is 23.0 Å². The van der Waals surface area contributed by atoms with Crippen molar-refractivity contribution in [3.05, 3.63) is 65.2 Å². The number of rotatable bonds is 7. The Labute approximate surface area is 145 Å². The van der Waals surface area contributed by atoms with Crippen LogP contribution in [-0.4, -0.2) is 24.3 Å². The van der Waals surface area contributed by atoms with Crippen LogP contribution in [0.25, 0.3) is 0 Å². The van der Waals surface area contributed by atoms with Crippen molar-refractivity contribution in [3.63, 3.8) is 0 Å². The molecule has 25 heavy (non-hydrogen) atoms. The van der Waals surface area contributed by atoms with Gasteiger partial charge in [0, 0.05) is 12.6 Å². The lowest BCUT2D eigenvalue weighted by atomic mass is 10.1. The first kappa shape index (κ1) is 19.3. The van der Waals surface area contributed by atoms with Gasteiger partial charge in [-0.15, -0.1) is 0 Å². The fourth-order valence-corrected chi connectivity index (χ4v) is 2.27. The quantitative estimate of drug-likeness (QED) is 0.787. The maximum Gasteiger partial charge on any atom is 0.416 e. The normalized spacial score (nSPS) is 14.2. The molecule has 0 saturated heterocycles. The van der Waals surface area contributed by atoms with E-state index in [9.17, 15) is 18.3 Å². The van der Waals surface area contributed by atoms with Crippen molar-refractivity contribution in [2.45, 2.75) is 32.2 Å². The highest BCUT2D eigenvalue weighted by atomic mass is 19.4. The zero-order valence-corrected chi connectivity index (χ0v) is 14.2. The summed E-state index contributed by atoms with van der Waals surface area (Å²) in [5.74, 6) is 0.748. The zero-order chi connectivity index (χ0) is 18.4. The first-order valence-electron chi connectivity index (χ1n) is 8.04. The first-order chi connectivity index (χ1) is 11.8. The standard InChI is InChI=1S/C19H22F3NO2/c1-13-6-8-17(9-7-13)25-12-14(2)23-11-18(24)15-4-3-5-16(10-15)19(20,21)22/h3-10,14,18,23-24H,11-12H2,1-2H3. The lowest BCUT2D eigenvalue weighted by Gasteiger charge is -2.19. The van der Waals surface area contributed by atoms with Gasteiger partial charge in [-0.3, -0.25) is 0 Å². The van der Waals surface area contributed by atoms with Crippen molar-refractivity contribution >= 4 is 0 Å². The van der Waals surface area contributed by atoms with Crippen LogP contribution in [0.3, 0.4) is 0 Å². The van der Waals surface area contributed by atoms with E-state index in [1.807, 2.05) is 38.1 Å². The number of alkyl halides is 3. The third-order valence-corrected chi connectivity index (χ3v) is 3.78. The Morgan fingerprint density at radius 2 is 1.80 bits per heavy atom. The van der Waals surface area contributed by atoms with Crippen LogP contribution in [0.4, 0.5) is 13.2 Å². The molecule has 0 bridgehead atoms. The molecule has 0 spiro atoms. The predicted molar refractivity (Wildman–Crippen MR) is 90.5 cm³/mol. The molecule has 0 aliphatic rings. The van der Waals surface area contributed by atoms with Crippen LogP contribution < -0.4 is 10.1 Å². The summed E-state index contributed by atoms with van der Waals surface area (Å²) in [6, 6.07) is 12.3. The molecule has 0 aliphatic carbocycles. The Hall–Kier alpha value is -2.05. The second-order valence-electron chi connectivity index (χ2n) is 6.07. The van der Waals surface area contributed by atoms with E-state index in [-0.39, 0.29) is 18.2 Å². The summed E-state index contributed by atoms with van der Waals surface area (Å²) in [5, 5.41) is 13.2. The second-order valence-corrected chi connectivity index (χ2v) is 6.07. The maximum absolute atomic E-state index is 12.7. The minimum absolute atomic E-state index is 0.0678. The van der Waals surface area contributed by atoms with Gasteiger partial charge in [0.2, 0.25) is 0 Å². The molecule has 3 nitrogen and oxygen atoms in total. The Bertz CT molecular complexity index is 671. The van der Waals surface area contributed by atoms with Crippen molar-refractivity contribution in [2.75, 3.05) is 13.2 Å². The number of benzene rings is 2. The van der Waals surface area contributed by atoms with Crippen LogP contribution in [0, 0.1) is 6.92 Å². The minimum atomic E-state index is -4.42. The van der Waals surface area contributed by atoms with Gasteiger partial charge >= 0.3 is 6.18 Å². The van der Waals surface area contributed by atoms with E-state index in [4.69, 9.17) is 4.74 Å². The highest BCUT2D eigenvalue weighted by molar-refractivity contribution is 5.27. The van der Waals surface area contributed by atoms with Gasteiger partial charge in [0.1, 0.15) is 12.4 Å². The van der Waals surface area contributed by atoms with Crippen molar-refractivity contribution in [3.8, 4) is 5.75 Å². The summed E-state index contributed by atoms with van der Waals surface area (Å²) in [7, 11) is 0. The predicted octanol–water partition coefficient (Wildman–Crippen LogP) is 4.10. The van der Waals surface area contributed by atoms with Crippen LogP contribution in [0.2, 0.25) is 0 Å². The molecule has 2 N–H and O–H groups in total. The van der Waals surface area contributed by atoms with Crippen LogP contribution in [0.15, 0.2) is 48.5 Å². The molecule has 0 radical (unpaired) electrons. The van der Waals surface area contributed by atoms with E-state index in [1.165, 1.54) is 12.1 Å². The molecule has 0 amide bonds. The second kappa shape index (κ2) is 8.36. The van der Waals surface area contributed by atoms with Gasteiger partial charge in [0.25, 0.3) is 0 Å². The van der Waals surface area contributed by atoms with Crippen LogP contribution >= 0.6 is 0 Å². The molecule has 2 atom stereocenters. The summed E-state index contributed by atoms with van der Waals surface area (Å²) >= 11 is 0. The molecule has 0 heterocycles. The third-order valence-electron chi connectivity index (χ3n) is 3.78. The van der Waals surface area contributed by atoms with E-state index in [1.54, 1.807) is 0 Å². The van der Waals surface area contributed by atoms with Crippen molar-refractivity contribution in [2.24, 2.45) is 0 Å². The van der Waals surface area contributed by atoms with E-state index in [2.05, 4.69) is 5.32 Å². The van der Waals surface area contributed by atoms with Crippen LogP contribution in [0.1, 0.15) is 29.7 Å². The fourth-order valence-electron chi connectivity index (χ4n) is 2.27. The molecule has 2 aromatic carbocycles. The average molecular weight is 353 g/mol.